The van der Waals surface area contributed by atoms with Gasteiger partial charge in [-0.3, -0.25) is 4.79 Å². The van der Waals surface area contributed by atoms with Crippen molar-refractivity contribution in [2.45, 2.75) is 33.1 Å². The van der Waals surface area contributed by atoms with Gasteiger partial charge in [-0.2, -0.15) is 5.26 Å². The molecule has 0 aromatic heterocycles. The van der Waals surface area contributed by atoms with Gasteiger partial charge < -0.3 is 10.5 Å². The fourth-order valence-electron chi connectivity index (χ4n) is 3.45. The first-order chi connectivity index (χ1) is 10.9. The van der Waals surface area contributed by atoms with E-state index in [2.05, 4.69) is 6.07 Å². The van der Waals surface area contributed by atoms with Gasteiger partial charge in [0, 0.05) is 24.3 Å². The molecule has 0 saturated heterocycles. The van der Waals surface area contributed by atoms with Gasteiger partial charge in [0.1, 0.15) is 11.8 Å². The van der Waals surface area contributed by atoms with Crippen LogP contribution in [0.5, 0.6) is 0 Å². The minimum absolute atomic E-state index is 0.0671. The van der Waals surface area contributed by atoms with Crippen molar-refractivity contribution in [2.24, 2.45) is 17.1 Å². The van der Waals surface area contributed by atoms with E-state index in [-0.39, 0.29) is 23.0 Å². The largest absolute Gasteiger partial charge is 0.444 e. The Kier molecular flexibility index (Phi) is 3.73. The van der Waals surface area contributed by atoms with Crippen molar-refractivity contribution >= 4 is 5.78 Å². The molecular weight excluding hydrogens is 288 g/mol. The van der Waals surface area contributed by atoms with Crippen LogP contribution < -0.4 is 5.73 Å². The number of nitriles is 1. The van der Waals surface area contributed by atoms with E-state index in [9.17, 15) is 10.1 Å². The summed E-state index contributed by atoms with van der Waals surface area (Å²) in [6.45, 7) is 4.09. The van der Waals surface area contributed by atoms with Crippen LogP contribution in [-0.2, 0) is 16.0 Å². The summed E-state index contributed by atoms with van der Waals surface area (Å²) in [5.41, 5.74) is 7.90. The van der Waals surface area contributed by atoms with Crippen LogP contribution in [0.3, 0.4) is 0 Å². The first kappa shape index (κ1) is 15.4. The zero-order valence-corrected chi connectivity index (χ0v) is 13.4. The lowest BCUT2D eigenvalue weighted by molar-refractivity contribution is -0.119. The summed E-state index contributed by atoms with van der Waals surface area (Å²) in [5, 5.41) is 9.49. The third-order valence-corrected chi connectivity index (χ3v) is 4.48. The first-order valence-electron chi connectivity index (χ1n) is 7.79. The van der Waals surface area contributed by atoms with Crippen molar-refractivity contribution in [3.05, 3.63) is 58.7 Å². The minimum atomic E-state index is -0.310. The molecule has 1 aliphatic carbocycles. The number of carbonyl (C=O) groups excluding carboxylic acids is 1. The van der Waals surface area contributed by atoms with Crippen molar-refractivity contribution in [1.82, 2.24) is 0 Å². The van der Waals surface area contributed by atoms with E-state index in [1.165, 1.54) is 0 Å². The summed E-state index contributed by atoms with van der Waals surface area (Å²) < 4.78 is 5.66. The van der Waals surface area contributed by atoms with Gasteiger partial charge in [-0.05, 0) is 17.4 Å². The molecule has 0 spiro atoms. The first-order valence-corrected chi connectivity index (χ1v) is 7.79. The second-order valence-corrected chi connectivity index (χ2v) is 7.01. The Morgan fingerprint density at radius 3 is 2.65 bits per heavy atom. The SMILES string of the molecule is CC1(C)CC(=O)C2=C(C1)OC(N)=C(C#N)[C@H]2Cc1ccccc1. The van der Waals surface area contributed by atoms with Crippen molar-refractivity contribution in [2.75, 3.05) is 0 Å². The summed E-state index contributed by atoms with van der Waals surface area (Å²) >= 11 is 0. The zero-order valence-electron chi connectivity index (χ0n) is 13.4. The summed E-state index contributed by atoms with van der Waals surface area (Å²) in [4.78, 5) is 12.7. The van der Waals surface area contributed by atoms with Gasteiger partial charge in [0.25, 0.3) is 0 Å². The van der Waals surface area contributed by atoms with Crippen molar-refractivity contribution < 1.29 is 9.53 Å². The van der Waals surface area contributed by atoms with Gasteiger partial charge in [0.15, 0.2) is 5.78 Å². The third kappa shape index (κ3) is 2.87. The number of hydrogen-bond acceptors (Lipinski definition) is 4. The van der Waals surface area contributed by atoms with Gasteiger partial charge in [-0.1, -0.05) is 44.2 Å². The fourth-order valence-corrected chi connectivity index (χ4v) is 3.45. The quantitative estimate of drug-likeness (QED) is 0.910. The maximum atomic E-state index is 12.7. The van der Waals surface area contributed by atoms with Crippen LogP contribution in [0.2, 0.25) is 0 Å². The topological polar surface area (TPSA) is 76.1 Å². The van der Waals surface area contributed by atoms with Gasteiger partial charge in [-0.25, -0.2) is 0 Å². The zero-order chi connectivity index (χ0) is 16.6. The Morgan fingerprint density at radius 2 is 2.00 bits per heavy atom. The molecule has 2 N–H and O–H groups in total. The normalized spacial score (nSPS) is 23.2. The highest BCUT2D eigenvalue weighted by Crippen LogP contribution is 2.45. The molecule has 1 heterocycles. The lowest BCUT2D eigenvalue weighted by atomic mass is 9.70. The molecule has 0 saturated carbocycles. The number of nitrogens with zero attached hydrogens (tertiary/aromatic N) is 1. The Labute approximate surface area is 136 Å². The Hall–Kier alpha value is -2.54. The van der Waals surface area contributed by atoms with Crippen molar-refractivity contribution in [3.63, 3.8) is 0 Å². The second kappa shape index (κ2) is 5.58. The summed E-state index contributed by atoms with van der Waals surface area (Å²) in [6, 6.07) is 12.0. The second-order valence-electron chi connectivity index (χ2n) is 7.01. The molecule has 0 radical (unpaired) electrons. The average molecular weight is 308 g/mol. The Bertz CT molecular complexity index is 751. The van der Waals surface area contributed by atoms with Crippen molar-refractivity contribution in [1.29, 1.82) is 5.26 Å². The predicted molar refractivity (Wildman–Crippen MR) is 86.6 cm³/mol. The number of benzene rings is 1. The van der Waals surface area contributed by atoms with E-state index in [1.807, 2.05) is 44.2 Å². The van der Waals surface area contributed by atoms with Crippen LogP contribution in [0.1, 0.15) is 32.3 Å². The molecule has 0 bridgehead atoms. The van der Waals surface area contributed by atoms with E-state index in [4.69, 9.17) is 10.5 Å². The van der Waals surface area contributed by atoms with Crippen LogP contribution >= 0.6 is 0 Å². The number of rotatable bonds is 2. The molecule has 4 heteroatoms. The molecule has 2 aliphatic rings. The van der Waals surface area contributed by atoms with Gasteiger partial charge in [0.2, 0.25) is 5.88 Å². The summed E-state index contributed by atoms with van der Waals surface area (Å²) in [6.07, 6.45) is 1.72. The number of nitrogens with two attached hydrogens (primary N) is 1. The average Bonchev–Trinajstić information content (AvgIpc) is 2.46. The lowest BCUT2D eigenvalue weighted by Gasteiger charge is -2.37. The van der Waals surface area contributed by atoms with Crippen LogP contribution in [-0.4, -0.2) is 5.78 Å². The fraction of sp³-hybridized carbons (Fsp3) is 0.368. The number of hydrogen-bond donors (Lipinski definition) is 1. The predicted octanol–water partition coefficient (Wildman–Crippen LogP) is 3.21. The van der Waals surface area contributed by atoms with E-state index in [0.29, 0.717) is 36.2 Å². The molecule has 1 aromatic rings. The highest BCUT2D eigenvalue weighted by atomic mass is 16.5. The van der Waals surface area contributed by atoms with Crippen LogP contribution in [0.15, 0.2) is 53.1 Å². The number of ketones is 1. The monoisotopic (exact) mass is 308 g/mol. The molecule has 118 valence electrons. The maximum Gasteiger partial charge on any atom is 0.204 e. The van der Waals surface area contributed by atoms with E-state index in [0.717, 1.165) is 5.56 Å². The highest BCUT2D eigenvalue weighted by molar-refractivity contribution is 5.98. The molecule has 4 nitrogen and oxygen atoms in total. The summed E-state index contributed by atoms with van der Waals surface area (Å²) in [7, 11) is 0. The molecular formula is C19H20N2O2. The molecule has 23 heavy (non-hydrogen) atoms. The molecule has 1 aromatic carbocycles. The minimum Gasteiger partial charge on any atom is -0.444 e. The highest BCUT2D eigenvalue weighted by Gasteiger charge is 2.42. The Balaban J connectivity index is 2.04. The number of Topliss-reactive ketones (excluding diaryl/α,β-unsaturated/α-hetero) is 1. The molecule has 0 fully saturated rings. The Morgan fingerprint density at radius 1 is 1.30 bits per heavy atom. The molecule has 3 rings (SSSR count). The molecule has 1 aliphatic heterocycles. The lowest BCUT2D eigenvalue weighted by Crippen LogP contribution is -2.35. The van der Waals surface area contributed by atoms with E-state index < -0.39 is 0 Å². The van der Waals surface area contributed by atoms with E-state index >= 15 is 0 Å². The number of ether oxygens (including phenoxy) is 1. The van der Waals surface area contributed by atoms with Gasteiger partial charge in [0.05, 0.1) is 5.57 Å². The van der Waals surface area contributed by atoms with E-state index in [1.54, 1.807) is 0 Å². The third-order valence-electron chi connectivity index (χ3n) is 4.48. The van der Waals surface area contributed by atoms with Crippen LogP contribution in [0.25, 0.3) is 0 Å². The van der Waals surface area contributed by atoms with Crippen LogP contribution in [0, 0.1) is 22.7 Å². The number of carbonyl (C=O) groups is 1. The standard InChI is InChI=1S/C19H20N2O2/c1-19(2)9-15(22)17-13(8-12-6-4-3-5-7-12)14(11-20)18(21)23-16(17)10-19/h3-7,13H,8-10,21H2,1-2H3/t13-/m1/s1. The van der Waals surface area contributed by atoms with Crippen LogP contribution in [0.4, 0.5) is 0 Å². The molecule has 0 unspecified atom stereocenters. The maximum absolute atomic E-state index is 12.7. The number of allylic oxidation sites excluding steroid dienone is 3. The van der Waals surface area contributed by atoms with Gasteiger partial charge in [-0.15, -0.1) is 0 Å². The van der Waals surface area contributed by atoms with Crippen molar-refractivity contribution in [3.8, 4) is 6.07 Å². The van der Waals surface area contributed by atoms with Gasteiger partial charge >= 0.3 is 0 Å². The molecule has 0 amide bonds. The smallest absolute Gasteiger partial charge is 0.204 e. The molecule has 1 atom stereocenters. The summed E-state index contributed by atoms with van der Waals surface area (Å²) in [5.74, 6) is 0.536.